The maximum Gasteiger partial charge on any atom is 0.328 e. The van der Waals surface area contributed by atoms with Gasteiger partial charge in [0, 0.05) is 24.3 Å². The van der Waals surface area contributed by atoms with Gasteiger partial charge in [-0.1, -0.05) is 35.9 Å². The van der Waals surface area contributed by atoms with E-state index in [0.29, 0.717) is 16.7 Å². The van der Waals surface area contributed by atoms with Crippen LogP contribution < -0.4 is 9.47 Å². The van der Waals surface area contributed by atoms with Crippen molar-refractivity contribution < 1.29 is 59.0 Å². The lowest BCUT2D eigenvalue weighted by atomic mass is 9.70. The molecular formula is C28H31ClO12. The number of aliphatic hydroxyl groups is 4. The molecule has 2 saturated heterocycles. The van der Waals surface area contributed by atoms with Gasteiger partial charge in [0.1, 0.15) is 42.5 Å². The summed E-state index contributed by atoms with van der Waals surface area (Å²) < 4.78 is 22.9. The van der Waals surface area contributed by atoms with E-state index >= 15 is 0 Å². The summed E-state index contributed by atoms with van der Waals surface area (Å²) in [5.74, 6) is -1.84. The van der Waals surface area contributed by atoms with Crippen LogP contribution in [0.1, 0.15) is 36.0 Å². The van der Waals surface area contributed by atoms with Gasteiger partial charge < -0.3 is 44.5 Å². The molecule has 1 spiro atoms. The molecule has 41 heavy (non-hydrogen) atoms. The van der Waals surface area contributed by atoms with Crippen LogP contribution in [0.25, 0.3) is 6.08 Å². The van der Waals surface area contributed by atoms with Crippen LogP contribution in [0.3, 0.4) is 0 Å². The van der Waals surface area contributed by atoms with Gasteiger partial charge in [0.15, 0.2) is 5.60 Å². The van der Waals surface area contributed by atoms with Crippen molar-refractivity contribution in [3.63, 3.8) is 0 Å². The molecule has 0 aromatic heterocycles. The molecule has 5 rings (SSSR count). The van der Waals surface area contributed by atoms with Crippen molar-refractivity contribution in [3.05, 3.63) is 64.2 Å². The Hall–Kier alpha value is -2.78. The van der Waals surface area contributed by atoms with Crippen LogP contribution in [0.5, 0.6) is 11.5 Å². The largest absolute Gasteiger partial charge is 0.487 e. The summed E-state index contributed by atoms with van der Waals surface area (Å²) in [4.78, 5) is 22.1. The molecule has 13 heteroatoms. The van der Waals surface area contributed by atoms with Gasteiger partial charge in [0.25, 0.3) is 5.79 Å². The summed E-state index contributed by atoms with van der Waals surface area (Å²) in [7, 11) is 1.51. The normalized spacial score (nSPS) is 30.5. The minimum Gasteiger partial charge on any atom is -0.487 e. The molecule has 2 aromatic rings. The number of aliphatic carboxylic acids is 1. The Bertz CT molecular complexity index is 1270. The van der Waals surface area contributed by atoms with Gasteiger partial charge in [-0.25, -0.2) is 9.68 Å². The van der Waals surface area contributed by atoms with Crippen LogP contribution >= 0.6 is 11.6 Å². The van der Waals surface area contributed by atoms with Crippen LogP contribution in [0, 0.1) is 0 Å². The Morgan fingerprint density at radius 1 is 1.07 bits per heavy atom. The molecule has 3 aliphatic rings. The third-order valence-electron chi connectivity index (χ3n) is 7.66. The number of methoxy groups -OCH3 is 1. The fourth-order valence-electron chi connectivity index (χ4n) is 5.15. The van der Waals surface area contributed by atoms with E-state index in [1.807, 2.05) is 0 Å². The van der Waals surface area contributed by atoms with Crippen molar-refractivity contribution >= 4 is 23.6 Å². The van der Waals surface area contributed by atoms with Crippen LogP contribution in [-0.2, 0) is 36.4 Å². The summed E-state index contributed by atoms with van der Waals surface area (Å²) in [6.07, 6.45) is -2.24. The fraction of sp³-hybridized carbons (Fsp3) is 0.464. The maximum absolute atomic E-state index is 11.2. The van der Waals surface area contributed by atoms with Crippen molar-refractivity contribution in [2.75, 3.05) is 13.7 Å². The van der Waals surface area contributed by atoms with Crippen LogP contribution in [0.2, 0.25) is 5.02 Å². The molecular weight excluding hydrogens is 564 g/mol. The van der Waals surface area contributed by atoms with Crippen LogP contribution in [-0.4, -0.2) is 81.5 Å². The predicted octanol–water partition coefficient (Wildman–Crippen LogP) is 1.88. The summed E-state index contributed by atoms with van der Waals surface area (Å²) in [5.41, 5.74) is 0.967. The lowest BCUT2D eigenvalue weighted by molar-refractivity contribution is -0.631. The number of carbonyl (C=O) groups is 1. The second kappa shape index (κ2) is 11.8. The Balaban J connectivity index is 1.34. The van der Waals surface area contributed by atoms with Gasteiger partial charge in [-0.15, -0.1) is 0 Å². The van der Waals surface area contributed by atoms with Crippen molar-refractivity contribution in [2.45, 2.75) is 68.0 Å². The van der Waals surface area contributed by atoms with E-state index in [9.17, 15) is 25.2 Å². The van der Waals surface area contributed by atoms with E-state index in [2.05, 4.69) is 0 Å². The molecule has 12 nitrogen and oxygen atoms in total. The van der Waals surface area contributed by atoms with Crippen molar-refractivity contribution in [2.24, 2.45) is 0 Å². The first kappa shape index (κ1) is 29.7. The van der Waals surface area contributed by atoms with Crippen LogP contribution in [0.15, 0.2) is 42.5 Å². The molecule has 5 N–H and O–H groups in total. The Morgan fingerprint density at radius 2 is 1.80 bits per heavy atom. The van der Waals surface area contributed by atoms with Gasteiger partial charge in [-0.3, -0.25) is 0 Å². The molecule has 2 heterocycles. The molecule has 1 saturated carbocycles. The number of halogens is 1. The smallest absolute Gasteiger partial charge is 0.328 e. The van der Waals surface area contributed by atoms with Gasteiger partial charge in [-0.2, -0.15) is 4.89 Å². The molecule has 0 amide bonds. The highest BCUT2D eigenvalue weighted by Gasteiger charge is 2.69. The highest BCUT2D eigenvalue weighted by molar-refractivity contribution is 6.33. The molecule has 3 fully saturated rings. The molecule has 1 aliphatic carbocycles. The maximum atomic E-state index is 11.2. The quantitative estimate of drug-likeness (QED) is 0.200. The Morgan fingerprint density at radius 3 is 2.37 bits per heavy atom. The standard InChI is InChI=1S/C28H31ClO12/c1-36-28(27(40-41-28)11-2-12-27)18-9-5-16(6-10-20(31)32)25(21(18)29)37-14-15-3-7-17(8-4-15)38-26-24(35)23(34)22(33)19(13-30)39-26/h3-10,19,22-24,26,30,33-35H,2,11-14H2,1H3,(H,31,32)/b10-6+/t19?,22-,23?,24?,26+,28?/m0/s1. The minimum absolute atomic E-state index is 0.0416. The average molecular weight is 595 g/mol. The van der Waals surface area contributed by atoms with E-state index in [4.69, 9.17) is 45.4 Å². The fourth-order valence-corrected chi connectivity index (χ4v) is 5.50. The lowest BCUT2D eigenvalue weighted by Gasteiger charge is -2.59. The van der Waals surface area contributed by atoms with E-state index in [-0.39, 0.29) is 23.1 Å². The average Bonchev–Trinajstić information content (AvgIpc) is 2.92. The lowest BCUT2D eigenvalue weighted by Crippen LogP contribution is -2.69. The zero-order valence-electron chi connectivity index (χ0n) is 22.0. The second-order valence-corrected chi connectivity index (χ2v) is 10.5. The molecule has 222 valence electrons. The van der Waals surface area contributed by atoms with E-state index in [0.717, 1.165) is 25.3 Å². The van der Waals surface area contributed by atoms with Gasteiger partial charge in [0.05, 0.1) is 11.6 Å². The third-order valence-corrected chi connectivity index (χ3v) is 8.04. The predicted molar refractivity (Wildman–Crippen MR) is 141 cm³/mol. The van der Waals surface area contributed by atoms with E-state index in [1.54, 1.807) is 36.4 Å². The molecule has 0 radical (unpaired) electrons. The first-order valence-electron chi connectivity index (χ1n) is 13.0. The number of benzene rings is 2. The number of aliphatic hydroxyl groups excluding tert-OH is 4. The second-order valence-electron chi connectivity index (χ2n) is 10.1. The van der Waals surface area contributed by atoms with Crippen molar-refractivity contribution in [1.29, 1.82) is 0 Å². The summed E-state index contributed by atoms with van der Waals surface area (Å²) in [6.45, 7) is -0.528. The first-order chi connectivity index (χ1) is 19.6. The number of carboxylic acids is 1. The number of hydrogen-bond donors (Lipinski definition) is 5. The van der Waals surface area contributed by atoms with Crippen molar-refractivity contribution in [1.82, 2.24) is 0 Å². The van der Waals surface area contributed by atoms with Gasteiger partial charge >= 0.3 is 5.97 Å². The summed E-state index contributed by atoms with van der Waals surface area (Å²) >= 11 is 6.84. The molecule has 6 atom stereocenters. The van der Waals surface area contributed by atoms with Gasteiger partial charge in [0.2, 0.25) is 6.29 Å². The number of rotatable bonds is 10. The Labute approximate surface area is 240 Å². The van der Waals surface area contributed by atoms with Crippen molar-refractivity contribution in [3.8, 4) is 11.5 Å². The zero-order chi connectivity index (χ0) is 29.4. The monoisotopic (exact) mass is 594 g/mol. The third kappa shape index (κ3) is 5.31. The van der Waals surface area contributed by atoms with E-state index < -0.39 is 54.7 Å². The minimum atomic E-state index is -1.56. The molecule has 0 bridgehead atoms. The topological polar surface area (TPSA) is 174 Å². The number of hydrogen-bond acceptors (Lipinski definition) is 11. The van der Waals surface area contributed by atoms with E-state index in [1.165, 1.54) is 13.2 Å². The Kier molecular flexibility index (Phi) is 8.58. The number of carboxylic acid groups (broad SMARTS) is 1. The molecule has 4 unspecified atom stereocenters. The van der Waals surface area contributed by atoms with Gasteiger partial charge in [-0.05, 0) is 43.0 Å². The number of ether oxygens (including phenoxy) is 4. The first-order valence-corrected chi connectivity index (χ1v) is 13.4. The highest BCUT2D eigenvalue weighted by Crippen LogP contribution is 2.61. The summed E-state index contributed by atoms with van der Waals surface area (Å²) in [6, 6.07) is 9.92. The van der Waals surface area contributed by atoms with Crippen LogP contribution in [0.4, 0.5) is 0 Å². The highest BCUT2D eigenvalue weighted by atomic mass is 35.5. The molecule has 2 aliphatic heterocycles. The SMILES string of the molecule is COC1(c2ccc(/C=C/C(=O)O)c(OCc3ccc(O[C@@H]4OC(CO)[C@H](O)C(O)C4O)cc3)c2Cl)OOC12CCC2. The zero-order valence-corrected chi connectivity index (χ0v) is 22.8. The summed E-state index contributed by atoms with van der Waals surface area (Å²) in [5, 5.41) is 48.8. The molecule has 2 aromatic carbocycles.